The summed E-state index contributed by atoms with van der Waals surface area (Å²) < 4.78 is 26.5. The maximum absolute atomic E-state index is 13.6. The van der Waals surface area contributed by atoms with E-state index >= 15 is 0 Å². The zero-order valence-electron chi connectivity index (χ0n) is 14.4. The fraction of sp³-hybridized carbons (Fsp3) is 0.211. The van der Waals surface area contributed by atoms with Gasteiger partial charge in [-0.3, -0.25) is 14.6 Å². The number of hydrogen-bond acceptors (Lipinski definition) is 4. The number of hydrogen-bond donors (Lipinski definition) is 2. The highest BCUT2D eigenvalue weighted by molar-refractivity contribution is 8.15. The lowest BCUT2D eigenvalue weighted by atomic mass is 10.1. The molecule has 1 saturated heterocycles. The smallest absolute Gasteiger partial charge is 0.240 e. The molecule has 1 heterocycles. The minimum absolute atomic E-state index is 0.128. The van der Waals surface area contributed by atoms with Gasteiger partial charge in [0.15, 0.2) is 5.17 Å². The van der Waals surface area contributed by atoms with Crippen LogP contribution in [0.5, 0.6) is 0 Å². The van der Waals surface area contributed by atoms with Gasteiger partial charge in [0.1, 0.15) is 16.9 Å². The van der Waals surface area contributed by atoms with E-state index in [0.29, 0.717) is 11.2 Å². The fourth-order valence-corrected chi connectivity index (χ4v) is 3.59. The van der Waals surface area contributed by atoms with E-state index in [1.54, 1.807) is 0 Å². The molecule has 0 radical (unpaired) electrons. The Balaban J connectivity index is 1.60. The van der Waals surface area contributed by atoms with E-state index in [0.717, 1.165) is 29.5 Å². The Morgan fingerprint density at radius 3 is 2.70 bits per heavy atom. The second-order valence-corrected chi connectivity index (χ2v) is 7.18. The molecule has 3 rings (SSSR count). The molecule has 8 heteroatoms. The van der Waals surface area contributed by atoms with Crippen LogP contribution in [0, 0.1) is 11.6 Å². The summed E-state index contributed by atoms with van der Waals surface area (Å²) in [4.78, 5) is 28.7. The molecule has 1 fully saturated rings. The van der Waals surface area contributed by atoms with E-state index in [1.807, 2.05) is 37.3 Å². The molecule has 0 bridgehead atoms. The number of anilines is 1. The van der Waals surface area contributed by atoms with Crippen LogP contribution in [-0.2, 0) is 9.59 Å². The van der Waals surface area contributed by atoms with Crippen LogP contribution in [0.4, 0.5) is 14.5 Å². The Labute approximate surface area is 159 Å². The number of nitrogens with one attached hydrogen (secondary N) is 2. The summed E-state index contributed by atoms with van der Waals surface area (Å²) in [6.07, 6.45) is -0.147. The minimum Gasteiger partial charge on any atom is -0.324 e. The van der Waals surface area contributed by atoms with Gasteiger partial charge in [-0.25, -0.2) is 8.78 Å². The SMILES string of the molecule is C[C@@H](N=C1NC(=O)[C@@H](CC(=O)Nc2ccc(F)cc2F)S1)c1ccccc1. The predicted molar refractivity (Wildman–Crippen MR) is 101 cm³/mol. The van der Waals surface area contributed by atoms with Gasteiger partial charge in [0.05, 0.1) is 11.7 Å². The third-order valence-electron chi connectivity index (χ3n) is 3.95. The molecular weight excluding hydrogens is 372 g/mol. The van der Waals surface area contributed by atoms with Crippen LogP contribution in [0.3, 0.4) is 0 Å². The van der Waals surface area contributed by atoms with Gasteiger partial charge in [-0.1, -0.05) is 42.1 Å². The number of rotatable bonds is 5. The molecule has 1 aliphatic rings. The molecule has 140 valence electrons. The quantitative estimate of drug-likeness (QED) is 0.820. The van der Waals surface area contributed by atoms with Crippen LogP contribution < -0.4 is 10.6 Å². The maximum atomic E-state index is 13.6. The molecule has 2 aromatic carbocycles. The van der Waals surface area contributed by atoms with Crippen molar-refractivity contribution in [3.8, 4) is 0 Å². The molecule has 2 aromatic rings. The lowest BCUT2D eigenvalue weighted by Crippen LogP contribution is -2.28. The Kier molecular flexibility index (Phi) is 5.85. The fourth-order valence-electron chi connectivity index (χ4n) is 2.54. The van der Waals surface area contributed by atoms with E-state index in [1.165, 1.54) is 0 Å². The molecule has 2 atom stereocenters. The lowest BCUT2D eigenvalue weighted by Gasteiger charge is -2.08. The standard InChI is InChI=1S/C19H17F2N3O2S/c1-11(12-5-3-2-4-6-12)22-19-24-18(26)16(27-19)10-17(25)23-15-8-7-13(20)9-14(15)21/h2-9,11,16H,10H2,1H3,(H,23,25)(H,22,24,26)/t11-,16-/m1/s1. The molecular formula is C19H17F2N3O2S. The lowest BCUT2D eigenvalue weighted by molar-refractivity contribution is -0.122. The summed E-state index contributed by atoms with van der Waals surface area (Å²) in [6.45, 7) is 1.91. The first-order valence-corrected chi connectivity index (χ1v) is 9.15. The Hall–Kier alpha value is -2.74. The molecule has 0 unspecified atom stereocenters. The van der Waals surface area contributed by atoms with Crippen LogP contribution in [0.1, 0.15) is 24.9 Å². The summed E-state index contributed by atoms with van der Waals surface area (Å²) >= 11 is 1.16. The van der Waals surface area contributed by atoms with Crippen LogP contribution in [-0.4, -0.2) is 22.2 Å². The van der Waals surface area contributed by atoms with E-state index < -0.39 is 22.8 Å². The van der Waals surface area contributed by atoms with Crippen LogP contribution in [0.25, 0.3) is 0 Å². The van der Waals surface area contributed by atoms with Gasteiger partial charge in [-0.05, 0) is 24.6 Å². The van der Waals surface area contributed by atoms with E-state index in [-0.39, 0.29) is 24.1 Å². The summed E-state index contributed by atoms with van der Waals surface area (Å²) in [5.74, 6) is -2.46. The first-order chi connectivity index (χ1) is 12.9. The maximum Gasteiger partial charge on any atom is 0.240 e. The summed E-state index contributed by atoms with van der Waals surface area (Å²) in [5.41, 5.74) is 0.879. The first kappa shape index (κ1) is 19.0. The van der Waals surface area contributed by atoms with Crippen molar-refractivity contribution in [1.29, 1.82) is 0 Å². The molecule has 1 aliphatic heterocycles. The predicted octanol–water partition coefficient (Wildman–Crippen LogP) is 3.64. The van der Waals surface area contributed by atoms with Crippen LogP contribution in [0.2, 0.25) is 0 Å². The number of aliphatic imine (C=N–C) groups is 1. The second-order valence-electron chi connectivity index (χ2n) is 5.99. The summed E-state index contributed by atoms with van der Waals surface area (Å²) in [6, 6.07) is 12.3. The Morgan fingerprint density at radius 1 is 1.26 bits per heavy atom. The number of benzene rings is 2. The van der Waals surface area contributed by atoms with E-state index in [9.17, 15) is 18.4 Å². The van der Waals surface area contributed by atoms with Crippen molar-refractivity contribution in [1.82, 2.24) is 5.32 Å². The molecule has 0 saturated carbocycles. The van der Waals surface area contributed by atoms with Crippen LogP contribution in [0.15, 0.2) is 53.5 Å². The van der Waals surface area contributed by atoms with E-state index in [2.05, 4.69) is 15.6 Å². The zero-order chi connectivity index (χ0) is 19.4. The van der Waals surface area contributed by atoms with Gasteiger partial charge in [0.25, 0.3) is 0 Å². The van der Waals surface area contributed by atoms with Crippen LogP contribution >= 0.6 is 11.8 Å². The first-order valence-electron chi connectivity index (χ1n) is 8.27. The highest BCUT2D eigenvalue weighted by Crippen LogP contribution is 2.26. The molecule has 27 heavy (non-hydrogen) atoms. The monoisotopic (exact) mass is 389 g/mol. The van der Waals surface area contributed by atoms with Gasteiger partial charge >= 0.3 is 0 Å². The normalized spacial score (nSPS) is 19.0. The Morgan fingerprint density at radius 2 is 2.00 bits per heavy atom. The summed E-state index contributed by atoms with van der Waals surface area (Å²) in [7, 11) is 0. The van der Waals surface area contributed by atoms with Gasteiger partial charge in [0.2, 0.25) is 11.8 Å². The van der Waals surface area contributed by atoms with E-state index in [4.69, 9.17) is 0 Å². The molecule has 2 amide bonds. The number of amidine groups is 1. The van der Waals surface area contributed by atoms with Crippen molar-refractivity contribution >= 4 is 34.4 Å². The van der Waals surface area contributed by atoms with Gasteiger partial charge in [0, 0.05) is 12.5 Å². The number of nitrogens with zero attached hydrogens (tertiary/aromatic N) is 1. The number of halogens is 2. The van der Waals surface area contributed by atoms with Crippen molar-refractivity contribution in [3.63, 3.8) is 0 Å². The molecule has 0 aliphatic carbocycles. The third-order valence-corrected chi connectivity index (χ3v) is 5.04. The molecule has 0 spiro atoms. The Bertz CT molecular complexity index is 890. The van der Waals surface area contributed by atoms with Crippen molar-refractivity contribution in [2.75, 3.05) is 5.32 Å². The topological polar surface area (TPSA) is 70.6 Å². The molecule has 5 nitrogen and oxygen atoms in total. The molecule has 0 aromatic heterocycles. The van der Waals surface area contributed by atoms with Crippen molar-refractivity contribution < 1.29 is 18.4 Å². The van der Waals surface area contributed by atoms with Crippen molar-refractivity contribution in [3.05, 3.63) is 65.7 Å². The van der Waals surface area contributed by atoms with Gasteiger partial charge in [-0.2, -0.15) is 0 Å². The average Bonchev–Trinajstić information content (AvgIpc) is 2.97. The number of carbonyl (C=O) groups excluding carboxylic acids is 2. The minimum atomic E-state index is -0.870. The average molecular weight is 389 g/mol. The highest BCUT2D eigenvalue weighted by Gasteiger charge is 2.32. The second kappa shape index (κ2) is 8.30. The summed E-state index contributed by atoms with van der Waals surface area (Å²) in [5, 5.41) is 4.80. The zero-order valence-corrected chi connectivity index (χ0v) is 15.2. The number of amides is 2. The van der Waals surface area contributed by atoms with Crippen molar-refractivity contribution in [2.45, 2.75) is 24.6 Å². The molecule has 2 N–H and O–H groups in total. The number of carbonyl (C=O) groups is 2. The third kappa shape index (κ3) is 4.91. The van der Waals surface area contributed by atoms with Crippen molar-refractivity contribution in [2.24, 2.45) is 4.99 Å². The highest BCUT2D eigenvalue weighted by atomic mass is 32.2. The largest absolute Gasteiger partial charge is 0.324 e. The van der Waals surface area contributed by atoms with Gasteiger partial charge in [-0.15, -0.1) is 0 Å². The van der Waals surface area contributed by atoms with Gasteiger partial charge < -0.3 is 10.6 Å². The number of thioether (sulfide) groups is 1.